The van der Waals surface area contributed by atoms with Gasteiger partial charge in [0, 0.05) is 55.4 Å². The molecule has 0 aliphatic heterocycles. The van der Waals surface area contributed by atoms with Crippen LogP contribution in [0.1, 0.15) is 32.7 Å². The van der Waals surface area contributed by atoms with Gasteiger partial charge in [-0.1, -0.05) is 12.1 Å². The number of benzene rings is 1. The number of carbonyl (C=O) groups is 1. The van der Waals surface area contributed by atoms with Crippen LogP contribution >= 0.6 is 0 Å². The molecular weight excluding hydrogens is 350 g/mol. The summed E-state index contributed by atoms with van der Waals surface area (Å²) in [5.74, 6) is 1.33. The van der Waals surface area contributed by atoms with Gasteiger partial charge in [-0.2, -0.15) is 0 Å². The first-order chi connectivity index (χ1) is 13.3. The molecule has 28 heavy (non-hydrogen) atoms. The van der Waals surface area contributed by atoms with Crippen molar-refractivity contribution >= 4 is 11.7 Å². The summed E-state index contributed by atoms with van der Waals surface area (Å²) in [5.41, 5.74) is 5.48. The number of anilines is 1. The summed E-state index contributed by atoms with van der Waals surface area (Å²) in [7, 11) is 3.90. The number of hydrogen-bond donors (Lipinski definition) is 1. The van der Waals surface area contributed by atoms with Crippen molar-refractivity contribution in [2.45, 2.75) is 27.3 Å². The molecule has 2 heterocycles. The van der Waals surface area contributed by atoms with Gasteiger partial charge in [-0.25, -0.2) is 9.97 Å². The van der Waals surface area contributed by atoms with E-state index in [1.54, 1.807) is 12.3 Å². The minimum atomic E-state index is -0.137. The molecule has 0 fully saturated rings. The van der Waals surface area contributed by atoms with Crippen LogP contribution < -0.4 is 10.2 Å². The molecule has 1 aromatic carbocycles. The lowest BCUT2D eigenvalue weighted by Crippen LogP contribution is -2.23. The molecule has 1 N–H and O–H groups in total. The quantitative estimate of drug-likeness (QED) is 0.739. The Morgan fingerprint density at radius 2 is 1.82 bits per heavy atom. The Morgan fingerprint density at radius 3 is 2.54 bits per heavy atom. The van der Waals surface area contributed by atoms with Crippen molar-refractivity contribution in [3.63, 3.8) is 0 Å². The third-order valence-electron chi connectivity index (χ3n) is 4.55. The molecule has 6 heteroatoms. The highest BCUT2D eigenvalue weighted by Gasteiger charge is 2.11. The monoisotopic (exact) mass is 375 g/mol. The van der Waals surface area contributed by atoms with E-state index in [0.717, 1.165) is 33.8 Å². The van der Waals surface area contributed by atoms with Crippen LogP contribution in [0.2, 0.25) is 0 Å². The lowest BCUT2D eigenvalue weighted by molar-refractivity contribution is 0.0951. The van der Waals surface area contributed by atoms with Crippen LogP contribution in [0.15, 0.2) is 42.7 Å². The molecular formula is C22H25N5O. The number of hydrogen-bond acceptors (Lipinski definition) is 5. The van der Waals surface area contributed by atoms with Crippen molar-refractivity contribution in [2.75, 3.05) is 19.0 Å². The van der Waals surface area contributed by atoms with Gasteiger partial charge in [-0.05, 0) is 50.1 Å². The Bertz CT molecular complexity index is 1010. The van der Waals surface area contributed by atoms with Crippen molar-refractivity contribution in [3.05, 3.63) is 70.7 Å². The number of aryl methyl sites for hydroxylation is 3. The maximum atomic E-state index is 12.6. The van der Waals surface area contributed by atoms with Crippen LogP contribution in [0.5, 0.6) is 0 Å². The van der Waals surface area contributed by atoms with E-state index in [1.807, 2.05) is 70.2 Å². The highest BCUT2D eigenvalue weighted by molar-refractivity contribution is 5.95. The molecule has 3 rings (SSSR count). The number of carbonyl (C=O) groups excluding carboxylic acids is 1. The Hall–Kier alpha value is -3.28. The van der Waals surface area contributed by atoms with Gasteiger partial charge in [-0.3, -0.25) is 9.78 Å². The number of amides is 1. The molecule has 0 unspecified atom stereocenters. The zero-order valence-electron chi connectivity index (χ0n) is 16.9. The summed E-state index contributed by atoms with van der Waals surface area (Å²) in [6.45, 7) is 6.39. The Kier molecular flexibility index (Phi) is 5.68. The maximum absolute atomic E-state index is 12.6. The molecule has 0 spiro atoms. The first kappa shape index (κ1) is 19.5. The highest BCUT2D eigenvalue weighted by Crippen LogP contribution is 2.21. The van der Waals surface area contributed by atoms with Gasteiger partial charge in [-0.15, -0.1) is 0 Å². The first-order valence-electron chi connectivity index (χ1n) is 9.17. The lowest BCUT2D eigenvalue weighted by atomic mass is 10.1. The largest absolute Gasteiger partial charge is 0.362 e. The van der Waals surface area contributed by atoms with Crippen LogP contribution in [-0.2, 0) is 6.54 Å². The number of aromatic nitrogens is 3. The fourth-order valence-corrected chi connectivity index (χ4v) is 3.01. The number of rotatable bonds is 5. The van der Waals surface area contributed by atoms with Crippen molar-refractivity contribution in [1.29, 1.82) is 0 Å². The van der Waals surface area contributed by atoms with Gasteiger partial charge >= 0.3 is 0 Å². The summed E-state index contributed by atoms with van der Waals surface area (Å²) in [5, 5.41) is 2.96. The summed E-state index contributed by atoms with van der Waals surface area (Å²) < 4.78 is 0. The van der Waals surface area contributed by atoms with Gasteiger partial charge < -0.3 is 10.2 Å². The van der Waals surface area contributed by atoms with Crippen LogP contribution in [0, 0.1) is 20.8 Å². The van der Waals surface area contributed by atoms with Crippen LogP contribution in [0.25, 0.3) is 11.4 Å². The van der Waals surface area contributed by atoms with Crippen LogP contribution in [0.4, 0.5) is 5.82 Å². The van der Waals surface area contributed by atoms with E-state index < -0.39 is 0 Å². The Morgan fingerprint density at radius 1 is 1.04 bits per heavy atom. The van der Waals surface area contributed by atoms with E-state index in [9.17, 15) is 4.79 Å². The Labute approximate surface area is 165 Å². The standard InChI is InChI=1S/C22H25N5O/c1-14-9-16(3)23-12-19(14)13-25-22(28)18-8-6-7-17(10-18)20-24-11-15(2)21(26-20)27(4)5/h6-12H,13H2,1-5H3,(H,25,28). The predicted octanol–water partition coefficient (Wildman–Crippen LogP) is 3.46. The maximum Gasteiger partial charge on any atom is 0.251 e. The van der Waals surface area contributed by atoms with Crippen molar-refractivity contribution in [2.24, 2.45) is 0 Å². The molecule has 2 aromatic heterocycles. The molecule has 144 valence electrons. The average Bonchev–Trinajstić information content (AvgIpc) is 2.67. The van der Waals surface area contributed by atoms with Gasteiger partial charge in [0.1, 0.15) is 5.82 Å². The van der Waals surface area contributed by atoms with E-state index in [1.165, 1.54) is 0 Å². The minimum absolute atomic E-state index is 0.137. The second-order valence-corrected chi connectivity index (χ2v) is 7.11. The molecule has 0 saturated carbocycles. The van der Waals surface area contributed by atoms with Gasteiger partial charge in [0.25, 0.3) is 5.91 Å². The summed E-state index contributed by atoms with van der Waals surface area (Å²) in [4.78, 5) is 27.9. The fourth-order valence-electron chi connectivity index (χ4n) is 3.01. The first-order valence-corrected chi connectivity index (χ1v) is 9.17. The second-order valence-electron chi connectivity index (χ2n) is 7.11. The summed E-state index contributed by atoms with van der Waals surface area (Å²) in [6, 6.07) is 9.38. The summed E-state index contributed by atoms with van der Waals surface area (Å²) >= 11 is 0. The normalized spacial score (nSPS) is 10.6. The van der Waals surface area contributed by atoms with Crippen LogP contribution in [-0.4, -0.2) is 35.0 Å². The molecule has 6 nitrogen and oxygen atoms in total. The van der Waals surface area contributed by atoms with E-state index >= 15 is 0 Å². The molecule has 0 radical (unpaired) electrons. The number of pyridine rings is 1. The molecule has 0 saturated heterocycles. The molecule has 0 bridgehead atoms. The van der Waals surface area contributed by atoms with Gasteiger partial charge in [0.2, 0.25) is 0 Å². The fraction of sp³-hybridized carbons (Fsp3) is 0.273. The third-order valence-corrected chi connectivity index (χ3v) is 4.55. The average molecular weight is 375 g/mol. The third kappa shape index (κ3) is 4.34. The molecule has 3 aromatic rings. The van der Waals surface area contributed by atoms with Crippen molar-refractivity contribution < 1.29 is 4.79 Å². The van der Waals surface area contributed by atoms with Crippen molar-refractivity contribution in [3.8, 4) is 11.4 Å². The zero-order valence-corrected chi connectivity index (χ0v) is 16.9. The molecule has 0 aliphatic carbocycles. The smallest absolute Gasteiger partial charge is 0.251 e. The topological polar surface area (TPSA) is 71.0 Å². The number of nitrogens with zero attached hydrogens (tertiary/aromatic N) is 4. The molecule has 0 atom stereocenters. The second kappa shape index (κ2) is 8.17. The Balaban J connectivity index is 1.79. The SMILES string of the molecule is Cc1cc(C)c(CNC(=O)c2cccc(-c3ncc(C)c(N(C)C)n3)c2)cn1. The van der Waals surface area contributed by atoms with Gasteiger partial charge in [0.15, 0.2) is 5.82 Å². The van der Waals surface area contributed by atoms with E-state index in [2.05, 4.69) is 20.3 Å². The van der Waals surface area contributed by atoms with Gasteiger partial charge in [0.05, 0.1) is 0 Å². The van der Waals surface area contributed by atoms with E-state index in [4.69, 9.17) is 0 Å². The molecule has 0 aliphatic rings. The highest BCUT2D eigenvalue weighted by atomic mass is 16.1. The van der Waals surface area contributed by atoms with E-state index in [-0.39, 0.29) is 5.91 Å². The lowest BCUT2D eigenvalue weighted by Gasteiger charge is -2.15. The minimum Gasteiger partial charge on any atom is -0.362 e. The molecule has 1 amide bonds. The summed E-state index contributed by atoms with van der Waals surface area (Å²) in [6.07, 6.45) is 3.61. The van der Waals surface area contributed by atoms with Crippen molar-refractivity contribution in [1.82, 2.24) is 20.3 Å². The number of nitrogens with one attached hydrogen (secondary N) is 1. The zero-order chi connectivity index (χ0) is 20.3. The predicted molar refractivity (Wildman–Crippen MR) is 111 cm³/mol. The van der Waals surface area contributed by atoms with E-state index in [0.29, 0.717) is 17.9 Å². The van der Waals surface area contributed by atoms with Crippen LogP contribution in [0.3, 0.4) is 0 Å².